The van der Waals surface area contributed by atoms with E-state index >= 15 is 0 Å². The Hall–Kier alpha value is -2.32. The Balaban J connectivity index is 2.08. The number of nitrogens with two attached hydrogens (primary N) is 1. The first kappa shape index (κ1) is 13.7. The molecule has 0 heterocycles. The second-order valence-electron chi connectivity index (χ2n) is 5.28. The van der Waals surface area contributed by atoms with E-state index in [9.17, 15) is 0 Å². The maximum absolute atomic E-state index is 6.50. The van der Waals surface area contributed by atoms with Crippen molar-refractivity contribution in [3.8, 4) is 5.75 Å². The number of ether oxygens (including phenoxy) is 1. The summed E-state index contributed by atoms with van der Waals surface area (Å²) in [4.78, 5) is 0. The number of methoxy groups -OCH3 is 1. The lowest BCUT2D eigenvalue weighted by Crippen LogP contribution is -2.12. The topological polar surface area (TPSA) is 35.2 Å². The molecule has 0 aliphatic rings. The van der Waals surface area contributed by atoms with Crippen molar-refractivity contribution in [3.63, 3.8) is 0 Å². The molecule has 0 fully saturated rings. The minimum absolute atomic E-state index is 0.138. The molecule has 21 heavy (non-hydrogen) atoms. The first-order valence-corrected chi connectivity index (χ1v) is 7.08. The van der Waals surface area contributed by atoms with Crippen molar-refractivity contribution in [1.29, 1.82) is 0 Å². The highest BCUT2D eigenvalue weighted by atomic mass is 16.5. The normalized spacial score (nSPS) is 12.3. The van der Waals surface area contributed by atoms with E-state index in [0.29, 0.717) is 0 Å². The minimum atomic E-state index is -0.138. The van der Waals surface area contributed by atoms with Crippen LogP contribution in [0.2, 0.25) is 0 Å². The molecular formula is C19H19NO. The molecule has 3 rings (SSSR count). The first-order chi connectivity index (χ1) is 10.2. The Morgan fingerprint density at radius 2 is 1.71 bits per heavy atom. The molecule has 2 nitrogen and oxygen atoms in total. The second-order valence-corrected chi connectivity index (χ2v) is 5.28. The molecule has 0 amide bonds. The van der Waals surface area contributed by atoms with Crippen LogP contribution in [0.25, 0.3) is 10.8 Å². The van der Waals surface area contributed by atoms with E-state index in [4.69, 9.17) is 10.5 Å². The number of benzene rings is 3. The van der Waals surface area contributed by atoms with Gasteiger partial charge >= 0.3 is 0 Å². The van der Waals surface area contributed by atoms with E-state index < -0.39 is 0 Å². The maximum atomic E-state index is 6.50. The van der Waals surface area contributed by atoms with Gasteiger partial charge in [-0.1, -0.05) is 54.6 Å². The third-order valence-corrected chi connectivity index (χ3v) is 3.94. The third kappa shape index (κ3) is 2.50. The first-order valence-electron chi connectivity index (χ1n) is 7.08. The van der Waals surface area contributed by atoms with Gasteiger partial charge in [0.25, 0.3) is 0 Å². The molecule has 106 valence electrons. The van der Waals surface area contributed by atoms with Gasteiger partial charge in [0.2, 0.25) is 0 Å². The van der Waals surface area contributed by atoms with Crippen LogP contribution in [-0.2, 0) is 0 Å². The molecule has 0 aliphatic carbocycles. The van der Waals surface area contributed by atoms with Gasteiger partial charge in [-0.2, -0.15) is 0 Å². The van der Waals surface area contributed by atoms with Crippen molar-refractivity contribution in [2.24, 2.45) is 5.73 Å². The van der Waals surface area contributed by atoms with Crippen molar-refractivity contribution >= 4 is 10.8 Å². The monoisotopic (exact) mass is 277 g/mol. The summed E-state index contributed by atoms with van der Waals surface area (Å²) in [6, 6.07) is 20.6. The summed E-state index contributed by atoms with van der Waals surface area (Å²) in [5, 5.41) is 2.43. The molecule has 1 unspecified atom stereocenters. The zero-order chi connectivity index (χ0) is 14.8. The Morgan fingerprint density at radius 1 is 0.952 bits per heavy atom. The van der Waals surface area contributed by atoms with Gasteiger partial charge in [0.1, 0.15) is 5.75 Å². The minimum Gasteiger partial charge on any atom is -0.496 e. The fourth-order valence-electron chi connectivity index (χ4n) is 2.80. The summed E-state index contributed by atoms with van der Waals surface area (Å²) >= 11 is 0. The molecule has 0 aromatic heterocycles. The van der Waals surface area contributed by atoms with Gasteiger partial charge in [-0.25, -0.2) is 0 Å². The zero-order valence-electron chi connectivity index (χ0n) is 12.3. The van der Waals surface area contributed by atoms with Crippen LogP contribution >= 0.6 is 0 Å². The average molecular weight is 277 g/mol. The van der Waals surface area contributed by atoms with E-state index in [1.165, 1.54) is 10.8 Å². The van der Waals surface area contributed by atoms with Crippen molar-refractivity contribution in [2.45, 2.75) is 13.0 Å². The molecule has 0 saturated heterocycles. The standard InChI is InChI=1S/C19H19NO/c1-13-12-15(10-11-18(13)21-2)19(20)17-9-5-7-14-6-3-4-8-16(14)17/h3-12,19H,20H2,1-2H3. The summed E-state index contributed by atoms with van der Waals surface area (Å²) in [5.41, 5.74) is 9.86. The highest BCUT2D eigenvalue weighted by Gasteiger charge is 2.13. The number of hydrogen-bond acceptors (Lipinski definition) is 2. The molecule has 0 spiro atoms. The Labute approximate surface area is 125 Å². The van der Waals surface area contributed by atoms with Gasteiger partial charge in [-0.3, -0.25) is 0 Å². The molecule has 2 heteroatoms. The van der Waals surface area contributed by atoms with Crippen LogP contribution in [-0.4, -0.2) is 7.11 Å². The smallest absolute Gasteiger partial charge is 0.121 e. The number of rotatable bonds is 3. The molecule has 3 aromatic carbocycles. The van der Waals surface area contributed by atoms with E-state index in [-0.39, 0.29) is 6.04 Å². The van der Waals surface area contributed by atoms with Crippen molar-refractivity contribution in [1.82, 2.24) is 0 Å². The van der Waals surface area contributed by atoms with Gasteiger partial charge in [0.15, 0.2) is 0 Å². The summed E-state index contributed by atoms with van der Waals surface area (Å²) in [6.07, 6.45) is 0. The molecule has 0 bridgehead atoms. The quantitative estimate of drug-likeness (QED) is 0.778. The fraction of sp³-hybridized carbons (Fsp3) is 0.158. The van der Waals surface area contributed by atoms with Crippen LogP contribution in [0.1, 0.15) is 22.7 Å². The number of fused-ring (bicyclic) bond motifs is 1. The number of aryl methyl sites for hydroxylation is 1. The molecule has 2 N–H and O–H groups in total. The Kier molecular flexibility index (Phi) is 3.63. The van der Waals surface area contributed by atoms with Crippen molar-refractivity contribution in [3.05, 3.63) is 77.4 Å². The van der Waals surface area contributed by atoms with Gasteiger partial charge in [0.05, 0.1) is 13.2 Å². The highest BCUT2D eigenvalue weighted by Crippen LogP contribution is 2.29. The second kappa shape index (κ2) is 5.58. The van der Waals surface area contributed by atoms with E-state index in [1.807, 2.05) is 19.1 Å². The van der Waals surface area contributed by atoms with Gasteiger partial charge in [0, 0.05) is 0 Å². The number of hydrogen-bond donors (Lipinski definition) is 1. The van der Waals surface area contributed by atoms with Crippen LogP contribution in [0.5, 0.6) is 5.75 Å². The summed E-state index contributed by atoms with van der Waals surface area (Å²) in [7, 11) is 1.69. The van der Waals surface area contributed by atoms with Crippen molar-refractivity contribution in [2.75, 3.05) is 7.11 Å². The van der Waals surface area contributed by atoms with Gasteiger partial charge < -0.3 is 10.5 Å². The van der Waals surface area contributed by atoms with Crippen LogP contribution in [0.3, 0.4) is 0 Å². The SMILES string of the molecule is COc1ccc(C(N)c2cccc3ccccc23)cc1C. The van der Waals surface area contributed by atoms with Crippen molar-refractivity contribution < 1.29 is 4.74 Å². The average Bonchev–Trinajstić information content (AvgIpc) is 2.53. The summed E-state index contributed by atoms with van der Waals surface area (Å²) in [5.74, 6) is 0.892. The summed E-state index contributed by atoms with van der Waals surface area (Å²) < 4.78 is 5.31. The maximum Gasteiger partial charge on any atom is 0.121 e. The lowest BCUT2D eigenvalue weighted by molar-refractivity contribution is 0.411. The van der Waals surface area contributed by atoms with Gasteiger partial charge in [-0.15, -0.1) is 0 Å². The predicted octanol–water partition coefficient (Wildman–Crippen LogP) is 4.20. The molecule has 0 saturated carbocycles. The third-order valence-electron chi connectivity index (χ3n) is 3.94. The van der Waals surface area contributed by atoms with E-state index in [1.54, 1.807) is 7.11 Å². The Bertz CT molecular complexity index is 774. The fourth-order valence-corrected chi connectivity index (χ4v) is 2.80. The van der Waals surface area contributed by atoms with Crippen LogP contribution in [0, 0.1) is 6.92 Å². The lowest BCUT2D eigenvalue weighted by Gasteiger charge is -2.17. The Morgan fingerprint density at radius 3 is 2.48 bits per heavy atom. The van der Waals surface area contributed by atoms with Crippen LogP contribution in [0.15, 0.2) is 60.7 Å². The predicted molar refractivity (Wildman–Crippen MR) is 87.7 cm³/mol. The molecule has 1 atom stereocenters. The highest BCUT2D eigenvalue weighted by molar-refractivity contribution is 5.86. The molecule has 0 radical (unpaired) electrons. The van der Waals surface area contributed by atoms with Gasteiger partial charge in [-0.05, 0) is 40.5 Å². The summed E-state index contributed by atoms with van der Waals surface area (Å²) in [6.45, 7) is 2.04. The van der Waals surface area contributed by atoms with E-state index in [0.717, 1.165) is 22.4 Å². The zero-order valence-corrected chi connectivity index (χ0v) is 12.3. The largest absolute Gasteiger partial charge is 0.496 e. The van der Waals surface area contributed by atoms with Crippen LogP contribution < -0.4 is 10.5 Å². The van der Waals surface area contributed by atoms with E-state index in [2.05, 4.69) is 48.5 Å². The molecule has 0 aliphatic heterocycles. The van der Waals surface area contributed by atoms with Crippen LogP contribution in [0.4, 0.5) is 0 Å². The molecular weight excluding hydrogens is 258 g/mol. The molecule has 3 aromatic rings. The lowest BCUT2D eigenvalue weighted by atomic mass is 9.93.